The van der Waals surface area contributed by atoms with E-state index in [1.807, 2.05) is 30.3 Å². The van der Waals surface area contributed by atoms with Crippen molar-refractivity contribution in [1.29, 1.82) is 5.41 Å². The highest BCUT2D eigenvalue weighted by Gasteiger charge is 2.08. The third kappa shape index (κ3) is 3.42. The van der Waals surface area contributed by atoms with Crippen LogP contribution >= 0.6 is 0 Å². The Morgan fingerprint density at radius 1 is 1.15 bits per heavy atom. The number of allylic oxidation sites excluding steroid dienone is 1. The summed E-state index contributed by atoms with van der Waals surface area (Å²) in [6.07, 6.45) is 4.65. The average molecular weight is 346 g/mol. The first kappa shape index (κ1) is 17.6. The zero-order valence-corrected chi connectivity index (χ0v) is 15.1. The number of rotatable bonds is 5. The Morgan fingerprint density at radius 2 is 1.92 bits per heavy atom. The van der Waals surface area contributed by atoms with Crippen molar-refractivity contribution < 1.29 is 0 Å². The van der Waals surface area contributed by atoms with Gasteiger partial charge in [-0.25, -0.2) is 0 Å². The quantitative estimate of drug-likeness (QED) is 0.615. The van der Waals surface area contributed by atoms with Gasteiger partial charge in [-0.1, -0.05) is 12.1 Å². The molecular formula is C21H22N4O. The molecule has 1 heterocycles. The Hall–Kier alpha value is -3.21. The summed E-state index contributed by atoms with van der Waals surface area (Å²) < 4.78 is 0. The van der Waals surface area contributed by atoms with Crippen LogP contribution in [0.5, 0.6) is 0 Å². The number of fused-ring (bicyclic) bond motifs is 2. The Labute approximate surface area is 152 Å². The van der Waals surface area contributed by atoms with Crippen LogP contribution in [0.25, 0.3) is 27.2 Å². The molecule has 132 valence electrons. The molecule has 26 heavy (non-hydrogen) atoms. The summed E-state index contributed by atoms with van der Waals surface area (Å²) in [7, 11) is 1.77. The maximum absolute atomic E-state index is 13.2. The van der Waals surface area contributed by atoms with Gasteiger partial charge in [-0.15, -0.1) is 0 Å². The highest BCUT2D eigenvalue weighted by Crippen LogP contribution is 2.21. The van der Waals surface area contributed by atoms with Gasteiger partial charge in [-0.3, -0.25) is 9.78 Å². The van der Waals surface area contributed by atoms with Gasteiger partial charge in [0, 0.05) is 59.3 Å². The predicted octanol–water partition coefficient (Wildman–Crippen LogP) is 3.78. The van der Waals surface area contributed by atoms with Gasteiger partial charge >= 0.3 is 0 Å². The highest BCUT2D eigenvalue weighted by molar-refractivity contribution is 6.09. The van der Waals surface area contributed by atoms with E-state index in [0.717, 1.165) is 16.6 Å². The minimum atomic E-state index is -0.0597. The first-order valence-corrected chi connectivity index (χ1v) is 8.55. The molecule has 0 spiro atoms. The largest absolute Gasteiger partial charge is 0.393 e. The molecule has 5 nitrogen and oxygen atoms in total. The first-order valence-electron chi connectivity index (χ1n) is 8.55. The van der Waals surface area contributed by atoms with Crippen LogP contribution in [0.2, 0.25) is 0 Å². The van der Waals surface area contributed by atoms with Crippen molar-refractivity contribution in [2.75, 3.05) is 12.4 Å². The van der Waals surface area contributed by atoms with E-state index in [0.29, 0.717) is 21.9 Å². The lowest BCUT2D eigenvalue weighted by Gasteiger charge is -2.09. The molecule has 3 aromatic rings. The first-order chi connectivity index (χ1) is 12.5. The minimum Gasteiger partial charge on any atom is -0.393 e. The Morgan fingerprint density at radius 3 is 2.62 bits per heavy atom. The second-order valence-corrected chi connectivity index (χ2v) is 6.45. The van der Waals surface area contributed by atoms with Crippen LogP contribution in [0.1, 0.15) is 19.4 Å². The van der Waals surface area contributed by atoms with Gasteiger partial charge < -0.3 is 16.0 Å². The van der Waals surface area contributed by atoms with Crippen molar-refractivity contribution in [3.63, 3.8) is 0 Å². The van der Waals surface area contributed by atoms with Gasteiger partial charge in [-0.05, 0) is 43.5 Å². The van der Waals surface area contributed by atoms with Crippen LogP contribution in [0, 0.1) is 5.41 Å². The van der Waals surface area contributed by atoms with Crippen LogP contribution in [-0.4, -0.2) is 24.3 Å². The van der Waals surface area contributed by atoms with Crippen LogP contribution in [0.3, 0.4) is 0 Å². The molecular weight excluding hydrogens is 324 g/mol. The van der Waals surface area contributed by atoms with Crippen molar-refractivity contribution >= 4 is 39.2 Å². The molecule has 0 aliphatic heterocycles. The highest BCUT2D eigenvalue weighted by atomic mass is 16.1. The molecule has 0 saturated carbocycles. The van der Waals surface area contributed by atoms with Crippen molar-refractivity contribution in [2.24, 2.45) is 0 Å². The SMILES string of the molecule is CN/C=C(\C=N)c1cnc2ccc3ccc(NC(C)C)cc3c(=O)c2c1. The molecule has 0 fully saturated rings. The van der Waals surface area contributed by atoms with Gasteiger partial charge in [0.05, 0.1) is 5.52 Å². The Balaban J connectivity index is 2.30. The zero-order valence-electron chi connectivity index (χ0n) is 15.1. The van der Waals surface area contributed by atoms with E-state index < -0.39 is 0 Å². The molecule has 3 rings (SSSR count). The fourth-order valence-electron chi connectivity index (χ4n) is 2.95. The van der Waals surface area contributed by atoms with Crippen LogP contribution in [0.4, 0.5) is 5.69 Å². The fourth-order valence-corrected chi connectivity index (χ4v) is 2.95. The Bertz CT molecular complexity index is 1070. The minimum absolute atomic E-state index is 0.0597. The van der Waals surface area contributed by atoms with Gasteiger partial charge in [0.15, 0.2) is 5.43 Å². The molecule has 0 aliphatic rings. The second kappa shape index (κ2) is 7.35. The molecule has 2 aromatic carbocycles. The van der Waals surface area contributed by atoms with E-state index >= 15 is 0 Å². The summed E-state index contributed by atoms with van der Waals surface area (Å²) in [5, 5.41) is 15.9. The number of hydrogen-bond donors (Lipinski definition) is 3. The maximum atomic E-state index is 13.2. The Kier molecular flexibility index (Phi) is 4.98. The standard InChI is InChI=1S/C21H22N4O/c1-13(2)25-17-6-4-14-5-7-20-19(21(26)18(14)9-17)8-15(12-24-20)16(10-22)11-23-3/h4-13,22-23,25H,1-3H3/b16-11+,22-10?. The van der Waals surface area contributed by atoms with Gasteiger partial charge in [0.2, 0.25) is 0 Å². The van der Waals surface area contributed by atoms with Crippen LogP contribution < -0.4 is 16.1 Å². The van der Waals surface area contributed by atoms with E-state index in [4.69, 9.17) is 5.41 Å². The molecule has 0 amide bonds. The molecule has 5 heteroatoms. The van der Waals surface area contributed by atoms with Gasteiger partial charge in [0.25, 0.3) is 0 Å². The van der Waals surface area contributed by atoms with E-state index in [2.05, 4.69) is 29.5 Å². The molecule has 1 aromatic heterocycles. The molecule has 3 N–H and O–H groups in total. The van der Waals surface area contributed by atoms with Crippen molar-refractivity contribution in [2.45, 2.75) is 19.9 Å². The summed E-state index contributed by atoms with van der Waals surface area (Å²) >= 11 is 0. The smallest absolute Gasteiger partial charge is 0.195 e. The number of nitrogens with zero attached hydrogens (tertiary/aromatic N) is 1. The third-order valence-corrected chi connectivity index (χ3v) is 4.13. The summed E-state index contributed by atoms with van der Waals surface area (Å²) in [4.78, 5) is 17.6. The lowest BCUT2D eigenvalue weighted by atomic mass is 10.1. The van der Waals surface area contributed by atoms with Gasteiger partial charge in [-0.2, -0.15) is 0 Å². The van der Waals surface area contributed by atoms with Crippen molar-refractivity contribution in [3.8, 4) is 0 Å². The molecule has 0 radical (unpaired) electrons. The average Bonchev–Trinajstić information content (AvgIpc) is 2.76. The van der Waals surface area contributed by atoms with Crippen LogP contribution in [0.15, 0.2) is 53.6 Å². The molecule has 0 unspecified atom stereocenters. The van der Waals surface area contributed by atoms with Crippen molar-refractivity contribution in [1.82, 2.24) is 10.3 Å². The number of nitrogens with one attached hydrogen (secondary N) is 3. The van der Waals surface area contributed by atoms with Gasteiger partial charge in [0.1, 0.15) is 0 Å². The van der Waals surface area contributed by atoms with E-state index in [1.165, 1.54) is 6.21 Å². The number of pyridine rings is 1. The van der Waals surface area contributed by atoms with E-state index in [9.17, 15) is 4.79 Å². The zero-order chi connectivity index (χ0) is 18.7. The lowest BCUT2D eigenvalue weighted by Crippen LogP contribution is -2.10. The topological polar surface area (TPSA) is 77.9 Å². The number of aromatic nitrogens is 1. The lowest BCUT2D eigenvalue weighted by molar-refractivity contribution is 0.900. The monoisotopic (exact) mass is 346 g/mol. The van der Waals surface area contributed by atoms with Crippen LogP contribution in [-0.2, 0) is 0 Å². The third-order valence-electron chi connectivity index (χ3n) is 4.13. The molecule has 0 atom stereocenters. The number of hydrogen-bond acceptors (Lipinski definition) is 5. The summed E-state index contributed by atoms with van der Waals surface area (Å²) in [5.74, 6) is 0. The molecule has 0 aliphatic carbocycles. The summed E-state index contributed by atoms with van der Waals surface area (Å²) in [6.45, 7) is 4.12. The second-order valence-electron chi connectivity index (χ2n) is 6.45. The van der Waals surface area contributed by atoms with E-state index in [1.54, 1.807) is 25.5 Å². The molecule has 0 bridgehead atoms. The number of anilines is 1. The van der Waals surface area contributed by atoms with Crippen molar-refractivity contribution in [3.05, 3.63) is 64.6 Å². The normalized spacial score (nSPS) is 11.8. The van der Waals surface area contributed by atoms with E-state index in [-0.39, 0.29) is 11.5 Å². The summed E-state index contributed by atoms with van der Waals surface area (Å²) in [5.41, 5.74) is 2.90. The predicted molar refractivity (Wildman–Crippen MR) is 110 cm³/mol. The number of benzene rings is 1. The maximum Gasteiger partial charge on any atom is 0.195 e. The summed E-state index contributed by atoms with van der Waals surface area (Å²) in [6, 6.07) is 11.7. The molecule has 0 saturated heterocycles. The fraction of sp³-hybridized carbons (Fsp3) is 0.190.